The van der Waals surface area contributed by atoms with Gasteiger partial charge in [0.05, 0.1) is 11.4 Å². The number of rotatable bonds is 8. The molecule has 0 fully saturated rings. The topological polar surface area (TPSA) is 88.9 Å². The summed E-state index contributed by atoms with van der Waals surface area (Å²) in [6.07, 6.45) is 5.32. The number of nitrogens with zero attached hydrogens (tertiary/aromatic N) is 3. The lowest BCUT2D eigenvalue weighted by Crippen LogP contribution is -2.49. The summed E-state index contributed by atoms with van der Waals surface area (Å²) in [4.78, 5) is 29.9. The average Bonchev–Trinajstić information content (AvgIpc) is 3.31. The van der Waals surface area contributed by atoms with Crippen LogP contribution in [-0.4, -0.2) is 32.6 Å². The van der Waals surface area contributed by atoms with E-state index in [1.54, 1.807) is 41.3 Å². The molecule has 1 unspecified atom stereocenters. The zero-order chi connectivity index (χ0) is 24.8. The molecule has 8 heteroatoms. The van der Waals surface area contributed by atoms with Gasteiger partial charge in [0.25, 0.3) is 5.91 Å². The Morgan fingerprint density at radius 1 is 0.971 bits per heavy atom. The highest BCUT2D eigenvalue weighted by Crippen LogP contribution is 2.23. The van der Waals surface area contributed by atoms with E-state index < -0.39 is 6.04 Å². The summed E-state index contributed by atoms with van der Waals surface area (Å²) in [5.41, 5.74) is 3.85. The van der Waals surface area contributed by atoms with Gasteiger partial charge >= 0.3 is 0 Å². The SMILES string of the molecule is CC(C)C(NC(=O)c1ccc(Cl)cc1)C(=O)NCc1cn(-c2ccccc2)nc1-c1ccncc1. The molecular weight excluding hydrogens is 462 g/mol. The summed E-state index contributed by atoms with van der Waals surface area (Å²) in [5.74, 6) is -0.710. The Bertz CT molecular complexity index is 1290. The molecular formula is C27H26ClN5O2. The van der Waals surface area contributed by atoms with Crippen LogP contribution in [0.1, 0.15) is 29.8 Å². The zero-order valence-corrected chi connectivity index (χ0v) is 20.2. The van der Waals surface area contributed by atoms with Gasteiger partial charge in [0.15, 0.2) is 0 Å². The molecule has 0 aliphatic heterocycles. The Morgan fingerprint density at radius 2 is 1.66 bits per heavy atom. The summed E-state index contributed by atoms with van der Waals surface area (Å²) in [5, 5.41) is 11.1. The molecule has 0 aliphatic rings. The van der Waals surface area contributed by atoms with E-state index in [-0.39, 0.29) is 24.3 Å². The average molecular weight is 488 g/mol. The van der Waals surface area contributed by atoms with E-state index in [0.29, 0.717) is 10.6 Å². The molecule has 2 amide bonds. The van der Waals surface area contributed by atoms with Crippen LogP contribution in [0.15, 0.2) is 85.3 Å². The van der Waals surface area contributed by atoms with Crippen LogP contribution in [0.25, 0.3) is 16.9 Å². The van der Waals surface area contributed by atoms with Gasteiger partial charge in [0.1, 0.15) is 6.04 Å². The Labute approximate surface area is 209 Å². The van der Waals surface area contributed by atoms with Crippen LogP contribution in [0.2, 0.25) is 5.02 Å². The molecule has 7 nitrogen and oxygen atoms in total. The Kier molecular flexibility index (Phi) is 7.57. The quantitative estimate of drug-likeness (QED) is 0.378. The molecule has 1 atom stereocenters. The number of pyridine rings is 1. The third-order valence-corrected chi connectivity index (χ3v) is 5.81. The molecule has 35 heavy (non-hydrogen) atoms. The third kappa shape index (κ3) is 5.94. The molecule has 0 saturated carbocycles. The maximum atomic E-state index is 13.1. The number of hydrogen-bond acceptors (Lipinski definition) is 4. The summed E-state index contributed by atoms with van der Waals surface area (Å²) in [6, 6.07) is 19.4. The fourth-order valence-electron chi connectivity index (χ4n) is 3.66. The van der Waals surface area contributed by atoms with Crippen LogP contribution >= 0.6 is 11.6 Å². The molecule has 2 N–H and O–H groups in total. The molecule has 2 aromatic carbocycles. The fraction of sp³-hybridized carbons (Fsp3) is 0.185. The largest absolute Gasteiger partial charge is 0.350 e. The van der Waals surface area contributed by atoms with E-state index in [2.05, 4.69) is 15.6 Å². The van der Waals surface area contributed by atoms with E-state index in [4.69, 9.17) is 16.7 Å². The van der Waals surface area contributed by atoms with Crippen molar-refractivity contribution >= 4 is 23.4 Å². The van der Waals surface area contributed by atoms with Gasteiger partial charge in [-0.15, -0.1) is 0 Å². The first-order valence-electron chi connectivity index (χ1n) is 11.3. The highest BCUT2D eigenvalue weighted by atomic mass is 35.5. The molecule has 2 aromatic heterocycles. The van der Waals surface area contributed by atoms with E-state index in [9.17, 15) is 9.59 Å². The van der Waals surface area contributed by atoms with Crippen molar-refractivity contribution in [1.82, 2.24) is 25.4 Å². The molecule has 0 spiro atoms. The highest BCUT2D eigenvalue weighted by molar-refractivity contribution is 6.30. The van der Waals surface area contributed by atoms with E-state index in [0.717, 1.165) is 22.5 Å². The molecule has 0 aliphatic carbocycles. The van der Waals surface area contributed by atoms with Crippen LogP contribution in [-0.2, 0) is 11.3 Å². The smallest absolute Gasteiger partial charge is 0.251 e. The molecule has 4 aromatic rings. The lowest BCUT2D eigenvalue weighted by Gasteiger charge is -2.22. The van der Waals surface area contributed by atoms with E-state index >= 15 is 0 Å². The number of amides is 2. The van der Waals surface area contributed by atoms with E-state index in [1.165, 1.54) is 0 Å². The van der Waals surface area contributed by atoms with Gasteiger partial charge in [-0.3, -0.25) is 14.6 Å². The van der Waals surface area contributed by atoms with Crippen molar-refractivity contribution in [3.63, 3.8) is 0 Å². The van der Waals surface area contributed by atoms with Gasteiger partial charge in [-0.1, -0.05) is 43.6 Å². The number of halogens is 1. The van der Waals surface area contributed by atoms with Crippen LogP contribution in [0.5, 0.6) is 0 Å². The number of benzene rings is 2. The maximum absolute atomic E-state index is 13.1. The Balaban J connectivity index is 1.53. The number of hydrogen-bond donors (Lipinski definition) is 2. The minimum absolute atomic E-state index is 0.113. The minimum Gasteiger partial charge on any atom is -0.350 e. The molecule has 0 radical (unpaired) electrons. The van der Waals surface area contributed by atoms with Crippen molar-refractivity contribution < 1.29 is 9.59 Å². The van der Waals surface area contributed by atoms with Crippen molar-refractivity contribution in [2.45, 2.75) is 26.4 Å². The van der Waals surface area contributed by atoms with Crippen molar-refractivity contribution in [1.29, 1.82) is 0 Å². The molecule has 4 rings (SSSR count). The fourth-order valence-corrected chi connectivity index (χ4v) is 3.78. The lowest BCUT2D eigenvalue weighted by atomic mass is 10.0. The summed E-state index contributed by atoms with van der Waals surface area (Å²) >= 11 is 5.91. The van der Waals surface area contributed by atoms with Crippen molar-refractivity contribution in [3.05, 3.63) is 101 Å². The van der Waals surface area contributed by atoms with Gasteiger partial charge in [-0.25, -0.2) is 4.68 Å². The lowest BCUT2D eigenvalue weighted by molar-refractivity contribution is -0.124. The van der Waals surface area contributed by atoms with Gasteiger partial charge < -0.3 is 10.6 Å². The number of nitrogens with one attached hydrogen (secondary N) is 2. The van der Waals surface area contributed by atoms with Gasteiger partial charge in [0.2, 0.25) is 5.91 Å². The van der Waals surface area contributed by atoms with Crippen LogP contribution in [0.3, 0.4) is 0 Å². The zero-order valence-electron chi connectivity index (χ0n) is 19.5. The minimum atomic E-state index is -0.702. The van der Waals surface area contributed by atoms with Gasteiger partial charge in [-0.05, 0) is 54.4 Å². The first-order chi connectivity index (χ1) is 16.9. The summed E-state index contributed by atoms with van der Waals surface area (Å²) in [6.45, 7) is 4.04. The number of carbonyl (C=O) groups excluding carboxylic acids is 2. The second kappa shape index (κ2) is 11.0. The third-order valence-electron chi connectivity index (χ3n) is 5.56. The van der Waals surface area contributed by atoms with E-state index in [1.807, 2.05) is 62.5 Å². The van der Waals surface area contributed by atoms with Crippen molar-refractivity contribution in [2.75, 3.05) is 0 Å². The van der Waals surface area contributed by atoms with Crippen LogP contribution < -0.4 is 10.6 Å². The molecule has 0 bridgehead atoms. The second-order valence-corrected chi connectivity index (χ2v) is 8.88. The first kappa shape index (κ1) is 24.2. The summed E-state index contributed by atoms with van der Waals surface area (Å²) < 4.78 is 1.79. The second-order valence-electron chi connectivity index (χ2n) is 8.44. The first-order valence-corrected chi connectivity index (χ1v) is 11.7. The highest BCUT2D eigenvalue weighted by Gasteiger charge is 2.25. The van der Waals surface area contributed by atoms with Crippen LogP contribution in [0.4, 0.5) is 0 Å². The predicted molar refractivity (Wildman–Crippen MR) is 136 cm³/mol. The van der Waals surface area contributed by atoms with Gasteiger partial charge in [0, 0.05) is 46.8 Å². The normalized spacial score (nSPS) is 11.8. The molecule has 178 valence electrons. The number of aromatic nitrogens is 3. The monoisotopic (exact) mass is 487 g/mol. The predicted octanol–water partition coefficient (Wildman–Crippen LogP) is 4.66. The number of carbonyl (C=O) groups is 2. The van der Waals surface area contributed by atoms with Crippen molar-refractivity contribution in [2.24, 2.45) is 5.92 Å². The Hall–Kier alpha value is -3.97. The molecule has 0 saturated heterocycles. The Morgan fingerprint density at radius 3 is 2.31 bits per heavy atom. The van der Waals surface area contributed by atoms with Crippen molar-refractivity contribution in [3.8, 4) is 16.9 Å². The summed E-state index contributed by atoms with van der Waals surface area (Å²) in [7, 11) is 0. The standard InChI is InChI=1S/C27H26ClN5O2/c1-18(2)24(31-26(34)20-8-10-22(28)11-9-20)27(35)30-16-21-17-33(23-6-4-3-5-7-23)32-25(21)19-12-14-29-15-13-19/h3-15,17-18,24H,16H2,1-2H3,(H,30,35)(H,31,34). The molecule has 2 heterocycles. The number of para-hydroxylation sites is 1. The maximum Gasteiger partial charge on any atom is 0.251 e. The van der Waals surface area contributed by atoms with Crippen LogP contribution in [0, 0.1) is 5.92 Å². The van der Waals surface area contributed by atoms with Gasteiger partial charge in [-0.2, -0.15) is 5.10 Å².